The van der Waals surface area contributed by atoms with Crippen LogP contribution in [0.15, 0.2) is 65.6 Å². The van der Waals surface area contributed by atoms with Crippen molar-refractivity contribution in [2.75, 3.05) is 6.61 Å². The molecule has 0 bridgehead atoms. The van der Waals surface area contributed by atoms with Crippen molar-refractivity contribution in [1.29, 1.82) is 0 Å². The Bertz CT molecular complexity index is 871. The highest BCUT2D eigenvalue weighted by atomic mass is 32.2. The van der Waals surface area contributed by atoms with Gasteiger partial charge in [-0.15, -0.1) is 0 Å². The number of rotatable bonds is 7. The van der Waals surface area contributed by atoms with Gasteiger partial charge < -0.3 is 4.74 Å². The second kappa shape index (κ2) is 7.63. The lowest BCUT2D eigenvalue weighted by Crippen LogP contribution is -2.25. The molecule has 1 N–H and O–H groups in total. The zero-order valence-electron chi connectivity index (χ0n) is 13.6. The third-order valence-electron chi connectivity index (χ3n) is 3.70. The number of hydrogen-bond acceptors (Lipinski definition) is 4. The van der Waals surface area contributed by atoms with Gasteiger partial charge >= 0.3 is 5.97 Å². The summed E-state index contributed by atoms with van der Waals surface area (Å²) in [6.45, 7) is 0.116. The van der Waals surface area contributed by atoms with Crippen molar-refractivity contribution in [3.63, 3.8) is 0 Å². The number of benzene rings is 2. The largest absolute Gasteiger partial charge is 0.458 e. The van der Waals surface area contributed by atoms with E-state index in [2.05, 4.69) is 4.72 Å². The molecule has 0 unspecified atom stereocenters. The molecule has 0 aliphatic heterocycles. The van der Waals surface area contributed by atoms with Crippen LogP contribution in [0.25, 0.3) is 6.08 Å². The summed E-state index contributed by atoms with van der Waals surface area (Å²) in [6.07, 6.45) is 5.31. The van der Waals surface area contributed by atoms with E-state index in [-0.39, 0.29) is 23.1 Å². The summed E-state index contributed by atoms with van der Waals surface area (Å²) in [5.41, 5.74) is 1.23. The summed E-state index contributed by atoms with van der Waals surface area (Å²) < 4.78 is 32.2. The summed E-state index contributed by atoms with van der Waals surface area (Å²) in [6, 6.07) is 15.6. The molecule has 5 nitrogen and oxygen atoms in total. The van der Waals surface area contributed by atoms with Gasteiger partial charge in [0.05, 0.1) is 10.5 Å². The number of esters is 1. The monoisotopic (exact) mass is 357 g/mol. The first kappa shape index (κ1) is 17.4. The predicted molar refractivity (Wildman–Crippen MR) is 95.5 cm³/mol. The van der Waals surface area contributed by atoms with Crippen LogP contribution >= 0.6 is 0 Å². The van der Waals surface area contributed by atoms with Gasteiger partial charge in [0.2, 0.25) is 10.0 Å². The van der Waals surface area contributed by atoms with Crippen LogP contribution in [0.5, 0.6) is 0 Å². The third kappa shape index (κ3) is 5.01. The van der Waals surface area contributed by atoms with Crippen molar-refractivity contribution in [2.45, 2.75) is 23.8 Å². The van der Waals surface area contributed by atoms with E-state index in [0.29, 0.717) is 0 Å². The maximum atomic E-state index is 12.2. The molecule has 0 radical (unpaired) electrons. The number of carbonyl (C=O) groups excluding carboxylic acids is 1. The molecule has 1 aliphatic rings. The number of hydrogen-bond donors (Lipinski definition) is 1. The van der Waals surface area contributed by atoms with Gasteiger partial charge in [-0.25, -0.2) is 17.9 Å². The van der Waals surface area contributed by atoms with E-state index in [1.54, 1.807) is 12.1 Å². The Morgan fingerprint density at radius 1 is 1.12 bits per heavy atom. The molecule has 0 spiro atoms. The quantitative estimate of drug-likeness (QED) is 0.773. The van der Waals surface area contributed by atoms with Crippen molar-refractivity contribution in [3.05, 3.63) is 71.8 Å². The highest BCUT2D eigenvalue weighted by Crippen LogP contribution is 2.22. The fourth-order valence-corrected chi connectivity index (χ4v) is 3.58. The van der Waals surface area contributed by atoms with E-state index >= 15 is 0 Å². The normalized spacial score (nSPS) is 14.6. The Kier molecular flexibility index (Phi) is 5.31. The minimum absolute atomic E-state index is 0.0173. The molecule has 0 atom stereocenters. The van der Waals surface area contributed by atoms with Crippen LogP contribution in [-0.2, 0) is 14.8 Å². The fraction of sp³-hybridized carbons (Fsp3) is 0.211. The lowest BCUT2D eigenvalue weighted by molar-refractivity contribution is 0.0550. The van der Waals surface area contributed by atoms with E-state index in [1.165, 1.54) is 18.2 Å². The maximum Gasteiger partial charge on any atom is 0.338 e. The predicted octanol–water partition coefficient (Wildman–Crippen LogP) is 3.00. The van der Waals surface area contributed by atoms with Crippen molar-refractivity contribution in [1.82, 2.24) is 4.72 Å². The molecule has 1 saturated carbocycles. The van der Waals surface area contributed by atoms with Crippen LogP contribution in [0.4, 0.5) is 0 Å². The minimum Gasteiger partial charge on any atom is -0.458 e. The molecule has 1 fully saturated rings. The lowest BCUT2D eigenvalue weighted by Gasteiger charge is -2.07. The van der Waals surface area contributed by atoms with Gasteiger partial charge in [-0.2, -0.15) is 0 Å². The number of nitrogens with one attached hydrogen (secondary N) is 1. The summed E-state index contributed by atoms with van der Waals surface area (Å²) in [4.78, 5) is 12.2. The molecule has 2 aromatic rings. The van der Waals surface area contributed by atoms with Crippen LogP contribution in [0.1, 0.15) is 28.8 Å². The molecule has 0 saturated heterocycles. The van der Waals surface area contributed by atoms with Crippen LogP contribution in [0.3, 0.4) is 0 Å². The summed E-state index contributed by atoms with van der Waals surface area (Å²) in [5.74, 6) is -0.554. The molecule has 25 heavy (non-hydrogen) atoms. The highest BCUT2D eigenvalue weighted by Gasteiger charge is 2.28. The molecule has 6 heteroatoms. The standard InChI is InChI=1S/C19H19NO4S/c21-19(24-13-5-8-15-6-2-1-3-7-15)16-9-4-10-18(14-16)25(22,23)20-17-11-12-17/h1-10,14,17,20H,11-13H2/b8-5+. The smallest absolute Gasteiger partial charge is 0.338 e. The van der Waals surface area contributed by atoms with Gasteiger partial charge in [0, 0.05) is 6.04 Å². The van der Waals surface area contributed by atoms with E-state index < -0.39 is 16.0 Å². The first-order valence-corrected chi connectivity index (χ1v) is 9.54. The molecule has 0 heterocycles. The molecular weight excluding hydrogens is 338 g/mol. The van der Waals surface area contributed by atoms with E-state index in [0.717, 1.165) is 18.4 Å². The molecular formula is C19H19NO4S. The van der Waals surface area contributed by atoms with E-state index in [9.17, 15) is 13.2 Å². The first-order valence-electron chi connectivity index (χ1n) is 8.06. The zero-order valence-corrected chi connectivity index (χ0v) is 14.4. The van der Waals surface area contributed by atoms with Gasteiger partial charge in [-0.1, -0.05) is 42.5 Å². The number of carbonyl (C=O) groups is 1. The lowest BCUT2D eigenvalue weighted by atomic mass is 10.2. The van der Waals surface area contributed by atoms with Gasteiger partial charge in [0.1, 0.15) is 6.61 Å². The van der Waals surface area contributed by atoms with Gasteiger partial charge in [-0.3, -0.25) is 0 Å². The van der Waals surface area contributed by atoms with Crippen LogP contribution < -0.4 is 4.72 Å². The molecule has 0 amide bonds. The van der Waals surface area contributed by atoms with Crippen LogP contribution in [0.2, 0.25) is 0 Å². The topological polar surface area (TPSA) is 72.5 Å². The van der Waals surface area contributed by atoms with Crippen LogP contribution in [-0.4, -0.2) is 27.0 Å². The zero-order chi connectivity index (χ0) is 17.7. The molecule has 130 valence electrons. The summed E-state index contributed by atoms with van der Waals surface area (Å²) in [7, 11) is -3.59. The van der Waals surface area contributed by atoms with Crippen molar-refractivity contribution >= 4 is 22.1 Å². The SMILES string of the molecule is O=C(OC/C=C/c1ccccc1)c1cccc(S(=O)(=O)NC2CC2)c1. The Morgan fingerprint density at radius 3 is 2.60 bits per heavy atom. The fourth-order valence-electron chi connectivity index (χ4n) is 2.23. The maximum absolute atomic E-state index is 12.2. The second-order valence-electron chi connectivity index (χ2n) is 5.83. The molecule has 1 aliphatic carbocycles. The summed E-state index contributed by atoms with van der Waals surface area (Å²) in [5, 5.41) is 0. The molecule has 0 aromatic heterocycles. The Balaban J connectivity index is 1.60. The first-order chi connectivity index (χ1) is 12.0. The van der Waals surface area contributed by atoms with Gasteiger partial charge in [-0.05, 0) is 42.7 Å². The third-order valence-corrected chi connectivity index (χ3v) is 5.22. The molecule has 2 aromatic carbocycles. The average molecular weight is 357 g/mol. The number of ether oxygens (including phenoxy) is 1. The van der Waals surface area contributed by atoms with Crippen molar-refractivity contribution < 1.29 is 17.9 Å². The van der Waals surface area contributed by atoms with Gasteiger partial charge in [0.25, 0.3) is 0 Å². The highest BCUT2D eigenvalue weighted by molar-refractivity contribution is 7.89. The Morgan fingerprint density at radius 2 is 1.88 bits per heavy atom. The summed E-state index contributed by atoms with van der Waals surface area (Å²) >= 11 is 0. The average Bonchev–Trinajstić information content (AvgIpc) is 3.43. The Hall–Kier alpha value is -2.44. The van der Waals surface area contributed by atoms with E-state index in [4.69, 9.17) is 4.74 Å². The minimum atomic E-state index is -3.59. The van der Waals surface area contributed by atoms with Crippen molar-refractivity contribution in [3.8, 4) is 0 Å². The Labute approximate surface area is 147 Å². The van der Waals surface area contributed by atoms with E-state index in [1.807, 2.05) is 36.4 Å². The second-order valence-corrected chi connectivity index (χ2v) is 7.55. The van der Waals surface area contributed by atoms with Gasteiger partial charge in [0.15, 0.2) is 0 Å². The van der Waals surface area contributed by atoms with Crippen molar-refractivity contribution in [2.24, 2.45) is 0 Å². The van der Waals surface area contributed by atoms with Crippen LogP contribution in [0, 0.1) is 0 Å². The molecule has 3 rings (SSSR count). The number of sulfonamides is 1.